The zero-order valence-electron chi connectivity index (χ0n) is 14.8. The highest BCUT2D eigenvalue weighted by molar-refractivity contribution is 9.10. The number of aliphatic carboxylic acids is 1. The van der Waals surface area contributed by atoms with E-state index in [4.69, 9.17) is 21.4 Å². The molecule has 1 amide bonds. The molecule has 150 valence electrons. The minimum atomic E-state index is -1.04. The molecule has 0 aliphatic carbocycles. The van der Waals surface area contributed by atoms with Gasteiger partial charge in [0.2, 0.25) is 5.91 Å². The summed E-state index contributed by atoms with van der Waals surface area (Å²) in [4.78, 5) is 22.4. The van der Waals surface area contributed by atoms with Crippen LogP contribution in [-0.4, -0.2) is 33.6 Å². The molecule has 0 radical (unpaired) electrons. The number of benzene rings is 2. The number of carboxylic acid groups (broad SMARTS) is 1. The van der Waals surface area contributed by atoms with Crippen molar-refractivity contribution >= 4 is 62.6 Å². The Labute approximate surface area is 184 Å². The number of amides is 1. The van der Waals surface area contributed by atoms with Gasteiger partial charge in [0.05, 0.1) is 17.1 Å². The molecule has 7 nitrogen and oxygen atoms in total. The van der Waals surface area contributed by atoms with Crippen molar-refractivity contribution in [2.75, 3.05) is 0 Å². The van der Waals surface area contributed by atoms with Gasteiger partial charge in [-0.15, -0.1) is 5.10 Å². The van der Waals surface area contributed by atoms with E-state index in [1.165, 1.54) is 6.21 Å². The van der Waals surface area contributed by atoms with Gasteiger partial charge in [0, 0.05) is 5.02 Å². The summed E-state index contributed by atoms with van der Waals surface area (Å²) in [7, 11) is 0. The number of ether oxygens (including phenoxy) is 1. The lowest BCUT2D eigenvalue weighted by Gasteiger charge is -2.09. The first kappa shape index (κ1) is 21.4. The van der Waals surface area contributed by atoms with Gasteiger partial charge in [0.15, 0.2) is 5.17 Å². The van der Waals surface area contributed by atoms with Gasteiger partial charge in [-0.3, -0.25) is 9.59 Å². The summed E-state index contributed by atoms with van der Waals surface area (Å²) in [5.74, 6) is -0.736. The SMILES string of the molecule is O=C(O)CC1S/C(=N/N=C/c2ccc(OCc3ccc(Cl)cc3)c(Br)c2)NC1=O. The van der Waals surface area contributed by atoms with Crippen LogP contribution >= 0.6 is 39.3 Å². The van der Waals surface area contributed by atoms with Crippen molar-refractivity contribution in [3.8, 4) is 5.75 Å². The van der Waals surface area contributed by atoms with E-state index in [-0.39, 0.29) is 17.5 Å². The number of carbonyl (C=O) groups excluding carboxylic acids is 1. The molecule has 1 atom stereocenters. The molecule has 0 aromatic heterocycles. The largest absolute Gasteiger partial charge is 0.488 e. The molecule has 2 aromatic carbocycles. The van der Waals surface area contributed by atoms with Crippen molar-refractivity contribution in [1.82, 2.24) is 5.32 Å². The van der Waals surface area contributed by atoms with Gasteiger partial charge < -0.3 is 15.2 Å². The Morgan fingerprint density at radius 2 is 2.07 bits per heavy atom. The molecule has 0 bridgehead atoms. The number of nitrogens with one attached hydrogen (secondary N) is 1. The number of hydrogen-bond donors (Lipinski definition) is 2. The lowest BCUT2D eigenvalue weighted by atomic mass is 10.2. The lowest BCUT2D eigenvalue weighted by Crippen LogP contribution is -2.26. The number of nitrogens with zero attached hydrogens (tertiary/aromatic N) is 2. The van der Waals surface area contributed by atoms with Crippen LogP contribution in [-0.2, 0) is 16.2 Å². The Balaban J connectivity index is 1.58. The summed E-state index contributed by atoms with van der Waals surface area (Å²) in [6.45, 7) is 0.408. The third-order valence-electron chi connectivity index (χ3n) is 3.76. The monoisotopic (exact) mass is 495 g/mol. The van der Waals surface area contributed by atoms with Crippen LogP contribution in [0.25, 0.3) is 0 Å². The number of carboxylic acids is 1. The summed E-state index contributed by atoms with van der Waals surface area (Å²) >= 11 is 10.4. The van der Waals surface area contributed by atoms with Crippen LogP contribution in [0.1, 0.15) is 17.5 Å². The van der Waals surface area contributed by atoms with Crippen molar-refractivity contribution in [2.45, 2.75) is 18.3 Å². The van der Waals surface area contributed by atoms with Crippen molar-refractivity contribution in [2.24, 2.45) is 10.2 Å². The zero-order valence-corrected chi connectivity index (χ0v) is 18.0. The molecule has 0 spiro atoms. The van der Waals surface area contributed by atoms with Gasteiger partial charge in [-0.2, -0.15) is 5.10 Å². The molecular weight excluding hydrogens is 482 g/mol. The first-order chi connectivity index (χ1) is 13.9. The number of thioether (sulfide) groups is 1. The highest BCUT2D eigenvalue weighted by Gasteiger charge is 2.32. The summed E-state index contributed by atoms with van der Waals surface area (Å²) < 4.78 is 6.56. The maximum absolute atomic E-state index is 11.7. The van der Waals surface area contributed by atoms with Crippen LogP contribution in [0.4, 0.5) is 0 Å². The van der Waals surface area contributed by atoms with Gasteiger partial charge in [-0.25, -0.2) is 0 Å². The highest BCUT2D eigenvalue weighted by atomic mass is 79.9. The summed E-state index contributed by atoms with van der Waals surface area (Å²) in [5.41, 5.74) is 1.77. The van der Waals surface area contributed by atoms with E-state index in [1.54, 1.807) is 0 Å². The van der Waals surface area contributed by atoms with Crippen molar-refractivity contribution < 1.29 is 19.4 Å². The zero-order chi connectivity index (χ0) is 20.8. The molecule has 1 heterocycles. The van der Waals surface area contributed by atoms with E-state index in [2.05, 4.69) is 31.4 Å². The Kier molecular flexibility index (Phi) is 7.29. The molecule has 10 heteroatoms. The highest BCUT2D eigenvalue weighted by Crippen LogP contribution is 2.27. The van der Waals surface area contributed by atoms with Gasteiger partial charge in [0.25, 0.3) is 0 Å². The van der Waals surface area contributed by atoms with E-state index < -0.39 is 11.2 Å². The number of rotatable bonds is 7. The molecule has 1 saturated heterocycles. The van der Waals surface area contributed by atoms with Crippen LogP contribution in [0.2, 0.25) is 5.02 Å². The standard InChI is InChI=1S/C19H15BrClN3O4S/c20-14-7-12(3-6-15(14)28-10-11-1-4-13(21)5-2-11)9-22-24-19-23-18(27)16(29-19)8-17(25)26/h1-7,9,16H,8,10H2,(H,25,26)(H,23,24,27)/b22-9+. The third-order valence-corrected chi connectivity index (χ3v) is 5.70. The predicted octanol–water partition coefficient (Wildman–Crippen LogP) is 4.08. The quantitative estimate of drug-likeness (QED) is 0.444. The summed E-state index contributed by atoms with van der Waals surface area (Å²) in [6, 6.07) is 12.9. The van der Waals surface area contributed by atoms with Crippen LogP contribution in [0.15, 0.2) is 57.1 Å². The van der Waals surface area contributed by atoms with Gasteiger partial charge in [-0.05, 0) is 57.4 Å². The normalized spacial score (nSPS) is 17.7. The topological polar surface area (TPSA) is 100 Å². The van der Waals surface area contributed by atoms with Crippen molar-refractivity contribution in [3.63, 3.8) is 0 Å². The van der Waals surface area contributed by atoms with Gasteiger partial charge in [-0.1, -0.05) is 35.5 Å². The molecule has 0 saturated carbocycles. The van der Waals surface area contributed by atoms with E-state index in [0.717, 1.165) is 27.4 Å². The number of hydrogen-bond acceptors (Lipinski definition) is 6. The fraction of sp³-hybridized carbons (Fsp3) is 0.158. The van der Waals surface area contributed by atoms with Gasteiger partial charge in [0.1, 0.15) is 17.6 Å². The number of carbonyl (C=O) groups is 2. The van der Waals surface area contributed by atoms with Gasteiger partial charge >= 0.3 is 5.97 Å². The summed E-state index contributed by atoms with van der Waals surface area (Å²) in [5, 5.41) is 19.4. The molecule has 2 aromatic rings. The molecule has 1 aliphatic rings. The Hall–Kier alpha value is -2.36. The fourth-order valence-electron chi connectivity index (χ4n) is 2.35. The van der Waals surface area contributed by atoms with Crippen LogP contribution in [0.5, 0.6) is 5.75 Å². The lowest BCUT2D eigenvalue weighted by molar-refractivity contribution is -0.138. The average Bonchev–Trinajstić information content (AvgIpc) is 3.01. The van der Waals surface area contributed by atoms with E-state index >= 15 is 0 Å². The van der Waals surface area contributed by atoms with Crippen molar-refractivity contribution in [1.29, 1.82) is 0 Å². The Morgan fingerprint density at radius 1 is 1.31 bits per heavy atom. The van der Waals surface area contributed by atoms with Crippen LogP contribution in [0, 0.1) is 0 Å². The van der Waals surface area contributed by atoms with E-state index in [0.29, 0.717) is 17.4 Å². The second kappa shape index (κ2) is 9.91. The average molecular weight is 497 g/mol. The second-order valence-electron chi connectivity index (χ2n) is 5.95. The second-order valence-corrected chi connectivity index (χ2v) is 8.43. The molecule has 2 N–H and O–H groups in total. The number of amidine groups is 1. The first-order valence-corrected chi connectivity index (χ1v) is 10.4. The molecular formula is C19H15BrClN3O4S. The van der Waals surface area contributed by atoms with Crippen LogP contribution < -0.4 is 10.1 Å². The molecule has 1 aliphatic heterocycles. The smallest absolute Gasteiger partial charge is 0.305 e. The minimum Gasteiger partial charge on any atom is -0.488 e. The maximum atomic E-state index is 11.7. The summed E-state index contributed by atoms with van der Waals surface area (Å²) in [6.07, 6.45) is 1.27. The van der Waals surface area contributed by atoms with E-state index in [1.807, 2.05) is 42.5 Å². The Bertz CT molecular complexity index is 982. The predicted molar refractivity (Wildman–Crippen MR) is 117 cm³/mol. The van der Waals surface area contributed by atoms with Crippen molar-refractivity contribution in [3.05, 3.63) is 63.1 Å². The molecule has 1 fully saturated rings. The van der Waals surface area contributed by atoms with E-state index in [9.17, 15) is 9.59 Å². The first-order valence-electron chi connectivity index (χ1n) is 8.38. The van der Waals surface area contributed by atoms with Crippen LogP contribution in [0.3, 0.4) is 0 Å². The number of halogens is 2. The maximum Gasteiger partial charge on any atom is 0.305 e. The Morgan fingerprint density at radius 3 is 2.76 bits per heavy atom. The molecule has 3 rings (SSSR count). The third kappa shape index (κ3) is 6.31. The molecule has 29 heavy (non-hydrogen) atoms. The molecule has 1 unspecified atom stereocenters. The fourth-order valence-corrected chi connectivity index (χ4v) is 3.90. The minimum absolute atomic E-state index is 0.260.